The van der Waals surface area contributed by atoms with Gasteiger partial charge >= 0.3 is 0 Å². The van der Waals surface area contributed by atoms with Crippen molar-refractivity contribution >= 4 is 41.5 Å². The Bertz CT molecular complexity index is 430. The molecule has 1 atom stereocenters. The van der Waals surface area contributed by atoms with Gasteiger partial charge in [0.2, 0.25) is 0 Å². The Morgan fingerprint density at radius 2 is 2.10 bits per heavy atom. The van der Waals surface area contributed by atoms with E-state index in [2.05, 4.69) is 10.6 Å². The van der Waals surface area contributed by atoms with E-state index in [4.69, 9.17) is 27.9 Å². The van der Waals surface area contributed by atoms with Crippen LogP contribution in [0.15, 0.2) is 18.2 Å². The summed E-state index contributed by atoms with van der Waals surface area (Å²) in [5.41, 5.74) is 0. The van der Waals surface area contributed by atoms with E-state index in [1.54, 1.807) is 18.2 Å². The Kier molecular flexibility index (Phi) is 9.76. The lowest BCUT2D eigenvalue weighted by Gasteiger charge is -2.13. The first kappa shape index (κ1) is 19.3. The van der Waals surface area contributed by atoms with Crippen molar-refractivity contribution in [1.82, 2.24) is 10.6 Å². The Hall–Kier alpha value is -0.680. The van der Waals surface area contributed by atoms with Gasteiger partial charge in [-0.15, -0.1) is 12.4 Å². The van der Waals surface area contributed by atoms with E-state index in [1.807, 2.05) is 13.8 Å². The molecule has 0 spiro atoms. The summed E-state index contributed by atoms with van der Waals surface area (Å²) in [5, 5.41) is 6.89. The largest absolute Gasteiger partial charge is 0.482 e. The number of halogens is 3. The van der Waals surface area contributed by atoms with Gasteiger partial charge in [-0.05, 0) is 31.7 Å². The molecule has 0 heterocycles. The molecule has 0 unspecified atom stereocenters. The third-order valence-electron chi connectivity index (χ3n) is 2.41. The van der Waals surface area contributed by atoms with Crippen molar-refractivity contribution in [3.63, 3.8) is 0 Å². The van der Waals surface area contributed by atoms with Gasteiger partial charge in [-0.3, -0.25) is 4.79 Å². The number of carbonyl (C=O) groups excluding carboxylic acids is 1. The fourth-order valence-corrected chi connectivity index (χ4v) is 1.94. The Morgan fingerprint density at radius 1 is 1.40 bits per heavy atom. The van der Waals surface area contributed by atoms with Crippen LogP contribution >= 0.6 is 35.6 Å². The summed E-state index contributed by atoms with van der Waals surface area (Å²) in [6.45, 7) is 5.38. The van der Waals surface area contributed by atoms with Crippen LogP contribution in [0.4, 0.5) is 0 Å². The molecule has 0 radical (unpaired) electrons. The molecule has 1 amide bonds. The highest BCUT2D eigenvalue weighted by molar-refractivity contribution is 6.35. The molecule has 20 heavy (non-hydrogen) atoms. The first-order chi connectivity index (χ1) is 9.02. The molecule has 0 saturated carbocycles. The van der Waals surface area contributed by atoms with Crippen molar-refractivity contribution in [1.29, 1.82) is 0 Å². The number of hydrogen-bond acceptors (Lipinski definition) is 3. The standard InChI is InChI=1S/C13H18Cl2N2O2.ClH/c1-3-16-9(2)7-17-13(18)8-19-12-5-4-10(14)6-11(12)15;/h4-6,9,16H,3,7-8H2,1-2H3,(H,17,18);1H/t9-;/m1./s1. The molecule has 0 fully saturated rings. The average Bonchev–Trinajstić information content (AvgIpc) is 2.35. The smallest absolute Gasteiger partial charge is 0.257 e. The predicted octanol–water partition coefficient (Wildman–Crippen LogP) is 2.91. The molecule has 1 aromatic carbocycles. The molecule has 1 rings (SSSR count). The molecule has 0 aliphatic carbocycles. The Balaban J connectivity index is 0.00000361. The molecule has 0 aliphatic heterocycles. The lowest BCUT2D eigenvalue weighted by atomic mass is 10.3. The molecule has 4 nitrogen and oxygen atoms in total. The number of carbonyl (C=O) groups is 1. The topological polar surface area (TPSA) is 50.4 Å². The average molecular weight is 342 g/mol. The summed E-state index contributed by atoms with van der Waals surface area (Å²) in [5.74, 6) is 0.261. The van der Waals surface area contributed by atoms with Gasteiger partial charge in [0.1, 0.15) is 5.75 Å². The van der Waals surface area contributed by atoms with Gasteiger partial charge in [-0.1, -0.05) is 30.1 Å². The summed E-state index contributed by atoms with van der Waals surface area (Å²) in [4.78, 5) is 11.6. The summed E-state index contributed by atoms with van der Waals surface area (Å²) < 4.78 is 5.32. The maximum atomic E-state index is 11.6. The molecular formula is C13H19Cl3N2O2. The zero-order valence-electron chi connectivity index (χ0n) is 11.4. The Morgan fingerprint density at radius 3 is 2.70 bits per heavy atom. The van der Waals surface area contributed by atoms with Crippen LogP contribution in [0, 0.1) is 0 Å². The van der Waals surface area contributed by atoms with Gasteiger partial charge in [0.25, 0.3) is 5.91 Å². The van der Waals surface area contributed by atoms with E-state index in [-0.39, 0.29) is 31.0 Å². The lowest BCUT2D eigenvalue weighted by Crippen LogP contribution is -2.40. The fourth-order valence-electron chi connectivity index (χ4n) is 1.47. The van der Waals surface area contributed by atoms with Crippen molar-refractivity contribution in [3.05, 3.63) is 28.2 Å². The summed E-state index contributed by atoms with van der Waals surface area (Å²) in [6, 6.07) is 5.10. The summed E-state index contributed by atoms with van der Waals surface area (Å²) in [7, 11) is 0. The molecule has 2 N–H and O–H groups in total. The maximum absolute atomic E-state index is 11.6. The van der Waals surface area contributed by atoms with Crippen LogP contribution in [0.5, 0.6) is 5.75 Å². The number of rotatable bonds is 7. The van der Waals surface area contributed by atoms with Crippen LogP contribution in [0.1, 0.15) is 13.8 Å². The van der Waals surface area contributed by atoms with Gasteiger partial charge in [-0.2, -0.15) is 0 Å². The van der Waals surface area contributed by atoms with Gasteiger partial charge in [-0.25, -0.2) is 0 Å². The number of nitrogens with one attached hydrogen (secondary N) is 2. The number of likely N-dealkylation sites (N-methyl/N-ethyl adjacent to an activating group) is 1. The Labute approximate surface area is 135 Å². The van der Waals surface area contributed by atoms with Crippen LogP contribution in [0.3, 0.4) is 0 Å². The van der Waals surface area contributed by atoms with Crippen molar-refractivity contribution < 1.29 is 9.53 Å². The van der Waals surface area contributed by atoms with E-state index in [1.165, 1.54) is 0 Å². The minimum absolute atomic E-state index is 0. The van der Waals surface area contributed by atoms with Crippen molar-refractivity contribution in [2.45, 2.75) is 19.9 Å². The first-order valence-electron chi connectivity index (χ1n) is 6.10. The van der Waals surface area contributed by atoms with E-state index in [0.29, 0.717) is 22.3 Å². The zero-order valence-corrected chi connectivity index (χ0v) is 13.7. The monoisotopic (exact) mass is 340 g/mol. The molecule has 0 aromatic heterocycles. The molecule has 1 aromatic rings. The van der Waals surface area contributed by atoms with Gasteiger partial charge in [0, 0.05) is 17.6 Å². The lowest BCUT2D eigenvalue weighted by molar-refractivity contribution is -0.123. The maximum Gasteiger partial charge on any atom is 0.257 e. The predicted molar refractivity (Wildman–Crippen MR) is 85.4 cm³/mol. The summed E-state index contributed by atoms with van der Waals surface area (Å²) >= 11 is 11.7. The molecule has 114 valence electrons. The second-order valence-electron chi connectivity index (χ2n) is 4.13. The molecule has 0 bridgehead atoms. The highest BCUT2D eigenvalue weighted by atomic mass is 35.5. The van der Waals surface area contributed by atoms with Crippen LogP contribution < -0.4 is 15.4 Å². The van der Waals surface area contributed by atoms with Crippen molar-refractivity contribution in [3.8, 4) is 5.75 Å². The van der Waals surface area contributed by atoms with Crippen LogP contribution in [-0.4, -0.2) is 31.6 Å². The number of hydrogen-bond donors (Lipinski definition) is 2. The van der Waals surface area contributed by atoms with Crippen molar-refractivity contribution in [2.75, 3.05) is 19.7 Å². The number of amides is 1. The molecule has 0 aliphatic rings. The quantitative estimate of drug-likeness (QED) is 0.802. The van der Waals surface area contributed by atoms with Crippen LogP contribution in [-0.2, 0) is 4.79 Å². The van der Waals surface area contributed by atoms with Crippen molar-refractivity contribution in [2.24, 2.45) is 0 Å². The second kappa shape index (κ2) is 10.1. The van der Waals surface area contributed by atoms with E-state index in [9.17, 15) is 4.79 Å². The number of ether oxygens (including phenoxy) is 1. The first-order valence-corrected chi connectivity index (χ1v) is 6.86. The number of benzene rings is 1. The van der Waals surface area contributed by atoms with Gasteiger partial charge < -0.3 is 15.4 Å². The summed E-state index contributed by atoms with van der Waals surface area (Å²) in [6.07, 6.45) is 0. The van der Waals surface area contributed by atoms with Gasteiger partial charge in [0.05, 0.1) is 5.02 Å². The zero-order chi connectivity index (χ0) is 14.3. The minimum atomic E-state index is -0.184. The minimum Gasteiger partial charge on any atom is -0.482 e. The normalized spacial score (nSPS) is 11.4. The molecule has 7 heteroatoms. The van der Waals surface area contributed by atoms with E-state index >= 15 is 0 Å². The van der Waals surface area contributed by atoms with E-state index < -0.39 is 0 Å². The molecule has 0 saturated heterocycles. The van der Waals surface area contributed by atoms with E-state index in [0.717, 1.165) is 6.54 Å². The van der Waals surface area contributed by atoms with Crippen LogP contribution in [0.25, 0.3) is 0 Å². The second-order valence-corrected chi connectivity index (χ2v) is 4.97. The third kappa shape index (κ3) is 7.20. The SMILES string of the molecule is CCN[C@H](C)CNC(=O)COc1ccc(Cl)cc1Cl.Cl. The molecular weight excluding hydrogens is 323 g/mol. The third-order valence-corrected chi connectivity index (χ3v) is 2.94. The fraction of sp³-hybridized carbons (Fsp3) is 0.462. The highest BCUT2D eigenvalue weighted by Gasteiger charge is 2.07. The van der Waals surface area contributed by atoms with Crippen LogP contribution in [0.2, 0.25) is 10.0 Å². The van der Waals surface area contributed by atoms with Gasteiger partial charge in [0.15, 0.2) is 6.61 Å². The highest BCUT2D eigenvalue weighted by Crippen LogP contribution is 2.27.